The Bertz CT molecular complexity index is 625. The van der Waals surface area contributed by atoms with Crippen LogP contribution in [0, 0.1) is 0 Å². The molecule has 2 aromatic rings. The van der Waals surface area contributed by atoms with Crippen LogP contribution >= 0.6 is 0 Å². The van der Waals surface area contributed by atoms with Gasteiger partial charge in [-0.15, -0.1) is 0 Å². The fraction of sp³-hybridized carbons (Fsp3) is 0.312. The second-order valence-corrected chi connectivity index (χ2v) is 5.06. The number of carbonyl (C=O) groups is 1. The lowest BCUT2D eigenvalue weighted by Gasteiger charge is -2.31. The first-order chi connectivity index (χ1) is 10.8. The van der Waals surface area contributed by atoms with Crippen molar-refractivity contribution in [2.24, 2.45) is 0 Å². The third-order valence-corrected chi connectivity index (χ3v) is 3.45. The SMILES string of the molecule is O=C(C=Cc1ccco1)N1CCCC(Oc2cnccn2)C1. The minimum atomic E-state index is -0.0496. The lowest BCUT2D eigenvalue weighted by atomic mass is 10.1. The Morgan fingerprint density at radius 3 is 3.18 bits per heavy atom. The molecule has 3 heterocycles. The zero-order valence-corrected chi connectivity index (χ0v) is 12.1. The molecule has 6 heteroatoms. The van der Waals surface area contributed by atoms with E-state index in [1.165, 1.54) is 6.08 Å². The second-order valence-electron chi connectivity index (χ2n) is 5.06. The third-order valence-electron chi connectivity index (χ3n) is 3.45. The van der Waals surface area contributed by atoms with E-state index in [2.05, 4.69) is 9.97 Å². The molecule has 0 radical (unpaired) electrons. The number of furan rings is 1. The van der Waals surface area contributed by atoms with Crippen LogP contribution in [-0.4, -0.2) is 40.0 Å². The molecule has 1 atom stereocenters. The van der Waals surface area contributed by atoms with E-state index in [9.17, 15) is 4.79 Å². The molecule has 0 spiro atoms. The highest BCUT2D eigenvalue weighted by Gasteiger charge is 2.24. The summed E-state index contributed by atoms with van der Waals surface area (Å²) in [6, 6.07) is 3.59. The zero-order valence-electron chi connectivity index (χ0n) is 12.1. The summed E-state index contributed by atoms with van der Waals surface area (Å²) in [5.41, 5.74) is 0. The summed E-state index contributed by atoms with van der Waals surface area (Å²) < 4.78 is 10.9. The molecular weight excluding hydrogens is 282 g/mol. The highest BCUT2D eigenvalue weighted by molar-refractivity contribution is 5.91. The fourth-order valence-electron chi connectivity index (χ4n) is 2.40. The predicted octanol–water partition coefficient (Wildman–Crippen LogP) is 2.15. The van der Waals surface area contributed by atoms with Crippen LogP contribution in [0.2, 0.25) is 0 Å². The highest BCUT2D eigenvalue weighted by atomic mass is 16.5. The topological polar surface area (TPSA) is 68.5 Å². The molecule has 1 aliphatic heterocycles. The van der Waals surface area contributed by atoms with Crippen molar-refractivity contribution in [3.63, 3.8) is 0 Å². The van der Waals surface area contributed by atoms with E-state index >= 15 is 0 Å². The molecule has 0 aliphatic carbocycles. The van der Waals surface area contributed by atoms with Crippen LogP contribution in [0.25, 0.3) is 6.08 Å². The molecule has 0 saturated carbocycles. The number of nitrogens with zero attached hydrogens (tertiary/aromatic N) is 3. The van der Waals surface area contributed by atoms with Crippen LogP contribution < -0.4 is 4.74 Å². The molecule has 1 aliphatic rings. The Labute approximate surface area is 128 Å². The van der Waals surface area contributed by atoms with Gasteiger partial charge in [0.2, 0.25) is 11.8 Å². The van der Waals surface area contributed by atoms with Gasteiger partial charge in [-0.25, -0.2) is 4.98 Å². The van der Waals surface area contributed by atoms with Crippen LogP contribution in [0.15, 0.2) is 47.5 Å². The molecule has 22 heavy (non-hydrogen) atoms. The summed E-state index contributed by atoms with van der Waals surface area (Å²) in [4.78, 5) is 22.1. The number of hydrogen-bond acceptors (Lipinski definition) is 5. The lowest BCUT2D eigenvalue weighted by Crippen LogP contribution is -2.43. The van der Waals surface area contributed by atoms with Gasteiger partial charge in [0, 0.05) is 25.0 Å². The van der Waals surface area contributed by atoms with Crippen molar-refractivity contribution in [2.75, 3.05) is 13.1 Å². The average Bonchev–Trinajstić information content (AvgIpc) is 3.07. The predicted molar refractivity (Wildman–Crippen MR) is 80.0 cm³/mol. The Hall–Kier alpha value is -2.63. The maximum absolute atomic E-state index is 12.2. The summed E-state index contributed by atoms with van der Waals surface area (Å²) in [7, 11) is 0. The third kappa shape index (κ3) is 3.72. The van der Waals surface area contributed by atoms with Crippen molar-refractivity contribution in [1.29, 1.82) is 0 Å². The van der Waals surface area contributed by atoms with Crippen molar-refractivity contribution < 1.29 is 13.9 Å². The molecule has 114 valence electrons. The number of carbonyl (C=O) groups excluding carboxylic acids is 1. The minimum absolute atomic E-state index is 0.0381. The van der Waals surface area contributed by atoms with E-state index in [1.54, 1.807) is 48.0 Å². The Morgan fingerprint density at radius 2 is 2.41 bits per heavy atom. The number of aromatic nitrogens is 2. The maximum atomic E-state index is 12.2. The first-order valence-electron chi connectivity index (χ1n) is 7.24. The summed E-state index contributed by atoms with van der Waals surface area (Å²) in [5.74, 6) is 1.12. The maximum Gasteiger partial charge on any atom is 0.246 e. The van der Waals surface area contributed by atoms with Crippen molar-refractivity contribution in [3.05, 3.63) is 48.8 Å². The molecule has 6 nitrogen and oxygen atoms in total. The normalized spacial score (nSPS) is 18.5. The van der Waals surface area contributed by atoms with Gasteiger partial charge in [0.1, 0.15) is 11.9 Å². The van der Waals surface area contributed by atoms with Crippen LogP contribution in [0.5, 0.6) is 5.88 Å². The average molecular weight is 299 g/mol. The Balaban J connectivity index is 1.57. The second kappa shape index (κ2) is 6.89. The van der Waals surface area contributed by atoms with Crippen molar-refractivity contribution in [1.82, 2.24) is 14.9 Å². The largest absolute Gasteiger partial charge is 0.471 e. The molecule has 1 fully saturated rings. The molecule has 0 N–H and O–H groups in total. The molecular formula is C16H17N3O3. The molecule has 1 saturated heterocycles. The first-order valence-corrected chi connectivity index (χ1v) is 7.24. The van der Waals surface area contributed by atoms with E-state index in [0.29, 0.717) is 18.2 Å². The van der Waals surface area contributed by atoms with Crippen LogP contribution in [0.1, 0.15) is 18.6 Å². The van der Waals surface area contributed by atoms with Crippen molar-refractivity contribution >= 4 is 12.0 Å². The summed E-state index contributed by atoms with van der Waals surface area (Å²) in [6.07, 6.45) is 11.3. The number of amides is 1. The smallest absolute Gasteiger partial charge is 0.246 e. The van der Waals surface area contributed by atoms with Gasteiger partial charge in [-0.1, -0.05) is 0 Å². The van der Waals surface area contributed by atoms with E-state index in [0.717, 1.165) is 19.4 Å². The van der Waals surface area contributed by atoms with Crippen LogP contribution in [-0.2, 0) is 4.79 Å². The van der Waals surface area contributed by atoms with Gasteiger partial charge in [-0.05, 0) is 31.1 Å². The number of piperidine rings is 1. The first kappa shape index (κ1) is 14.3. The quantitative estimate of drug-likeness (QED) is 0.809. The number of hydrogen-bond donors (Lipinski definition) is 0. The highest BCUT2D eigenvalue weighted by Crippen LogP contribution is 2.16. The fourth-order valence-corrected chi connectivity index (χ4v) is 2.40. The minimum Gasteiger partial charge on any atom is -0.471 e. The number of rotatable bonds is 4. The van der Waals surface area contributed by atoms with E-state index in [-0.39, 0.29) is 12.0 Å². The van der Waals surface area contributed by atoms with Gasteiger partial charge in [0.05, 0.1) is 19.0 Å². The van der Waals surface area contributed by atoms with Crippen molar-refractivity contribution in [2.45, 2.75) is 18.9 Å². The number of ether oxygens (including phenoxy) is 1. The summed E-state index contributed by atoms with van der Waals surface area (Å²) in [6.45, 7) is 1.29. The van der Waals surface area contributed by atoms with Crippen LogP contribution in [0.4, 0.5) is 0 Å². The molecule has 0 aromatic carbocycles. The number of likely N-dealkylation sites (tertiary alicyclic amines) is 1. The van der Waals surface area contributed by atoms with Gasteiger partial charge < -0.3 is 14.1 Å². The van der Waals surface area contributed by atoms with Gasteiger partial charge >= 0.3 is 0 Å². The zero-order chi connectivity index (χ0) is 15.2. The summed E-state index contributed by atoms with van der Waals surface area (Å²) >= 11 is 0. The van der Waals surface area contributed by atoms with Crippen molar-refractivity contribution in [3.8, 4) is 5.88 Å². The van der Waals surface area contributed by atoms with Gasteiger partial charge in [0.15, 0.2) is 0 Å². The van der Waals surface area contributed by atoms with E-state index in [4.69, 9.17) is 9.15 Å². The van der Waals surface area contributed by atoms with E-state index < -0.39 is 0 Å². The van der Waals surface area contributed by atoms with Gasteiger partial charge in [0.25, 0.3) is 0 Å². The monoisotopic (exact) mass is 299 g/mol. The molecule has 1 unspecified atom stereocenters. The molecule has 2 aromatic heterocycles. The van der Waals surface area contributed by atoms with Crippen LogP contribution in [0.3, 0.4) is 0 Å². The Kier molecular flexibility index (Phi) is 4.48. The lowest BCUT2D eigenvalue weighted by molar-refractivity contribution is -0.128. The standard InChI is InChI=1S/C16H17N3O3/c20-16(6-5-13-4-2-10-21-13)19-9-1-3-14(12-19)22-15-11-17-7-8-18-15/h2,4-8,10-11,14H,1,3,9,12H2. The molecule has 1 amide bonds. The molecule has 0 bridgehead atoms. The Morgan fingerprint density at radius 1 is 1.45 bits per heavy atom. The summed E-state index contributed by atoms with van der Waals surface area (Å²) in [5, 5.41) is 0. The molecule has 3 rings (SSSR count). The van der Waals surface area contributed by atoms with E-state index in [1.807, 2.05) is 0 Å². The van der Waals surface area contributed by atoms with Gasteiger partial charge in [-0.2, -0.15) is 0 Å². The van der Waals surface area contributed by atoms with Gasteiger partial charge in [-0.3, -0.25) is 9.78 Å².